The van der Waals surface area contributed by atoms with Crippen molar-refractivity contribution in [3.05, 3.63) is 70.6 Å². The Bertz CT molecular complexity index is 985. The summed E-state index contributed by atoms with van der Waals surface area (Å²) in [4.78, 5) is 29.3. The van der Waals surface area contributed by atoms with Gasteiger partial charge in [0.1, 0.15) is 0 Å². The SMILES string of the molecule is Cc1ccccc1CN1C(=O)/C(=C/C(=O)N[C@H]2CCCC[C@H]2C)Sc2ccccc21. The number of hydrogen-bond donors (Lipinski definition) is 1. The zero-order valence-corrected chi connectivity index (χ0v) is 18.4. The van der Waals surface area contributed by atoms with Crippen molar-refractivity contribution in [3.8, 4) is 0 Å². The van der Waals surface area contributed by atoms with E-state index in [2.05, 4.69) is 25.2 Å². The number of hydrogen-bond acceptors (Lipinski definition) is 3. The fourth-order valence-corrected chi connectivity index (χ4v) is 5.28. The molecule has 0 saturated heterocycles. The molecule has 4 nitrogen and oxygen atoms in total. The van der Waals surface area contributed by atoms with Gasteiger partial charge in [-0.15, -0.1) is 0 Å². The van der Waals surface area contributed by atoms with Gasteiger partial charge in [0, 0.05) is 17.0 Å². The summed E-state index contributed by atoms with van der Waals surface area (Å²) in [6, 6.07) is 16.2. The molecule has 0 aromatic heterocycles. The van der Waals surface area contributed by atoms with Crippen LogP contribution in [-0.4, -0.2) is 17.9 Å². The number of rotatable bonds is 4. The summed E-state index contributed by atoms with van der Waals surface area (Å²) in [5.41, 5.74) is 3.15. The van der Waals surface area contributed by atoms with Gasteiger partial charge >= 0.3 is 0 Å². The molecular weight excluding hydrogens is 392 g/mol. The zero-order valence-electron chi connectivity index (χ0n) is 17.6. The largest absolute Gasteiger partial charge is 0.350 e. The first-order valence-electron chi connectivity index (χ1n) is 10.7. The molecular formula is C25H28N2O2S. The Labute approximate surface area is 182 Å². The van der Waals surface area contributed by atoms with E-state index in [4.69, 9.17) is 0 Å². The maximum absolute atomic E-state index is 13.4. The number of aryl methyl sites for hydroxylation is 1. The van der Waals surface area contributed by atoms with Crippen LogP contribution in [0, 0.1) is 12.8 Å². The predicted molar refractivity (Wildman–Crippen MR) is 122 cm³/mol. The highest BCUT2D eigenvalue weighted by Crippen LogP contribution is 2.42. The fraction of sp³-hybridized carbons (Fsp3) is 0.360. The number of nitrogens with zero attached hydrogens (tertiary/aromatic N) is 1. The van der Waals surface area contributed by atoms with Crippen molar-refractivity contribution in [3.63, 3.8) is 0 Å². The minimum Gasteiger partial charge on any atom is -0.350 e. The van der Waals surface area contributed by atoms with Crippen LogP contribution in [0.4, 0.5) is 5.69 Å². The number of carbonyl (C=O) groups is 2. The lowest BCUT2D eigenvalue weighted by Gasteiger charge is -2.31. The molecule has 2 atom stereocenters. The molecule has 2 aromatic carbocycles. The molecule has 0 bridgehead atoms. The molecule has 1 saturated carbocycles. The van der Waals surface area contributed by atoms with E-state index >= 15 is 0 Å². The zero-order chi connectivity index (χ0) is 21.1. The second-order valence-corrected chi connectivity index (χ2v) is 9.36. The Morgan fingerprint density at radius 1 is 1.13 bits per heavy atom. The molecule has 1 N–H and O–H groups in total. The van der Waals surface area contributed by atoms with E-state index in [-0.39, 0.29) is 17.9 Å². The van der Waals surface area contributed by atoms with Crippen molar-refractivity contribution < 1.29 is 9.59 Å². The van der Waals surface area contributed by atoms with Crippen LogP contribution in [-0.2, 0) is 16.1 Å². The molecule has 1 aliphatic heterocycles. The summed E-state index contributed by atoms with van der Waals surface area (Å²) in [7, 11) is 0. The normalized spacial score (nSPS) is 22.7. The van der Waals surface area contributed by atoms with Crippen molar-refractivity contribution >= 4 is 29.3 Å². The standard InChI is InChI=1S/C25H28N2O2S/c1-17-9-3-5-11-19(17)16-27-21-13-7-8-14-22(21)30-23(25(27)29)15-24(28)26-20-12-6-4-10-18(20)2/h3,5,7-9,11,13-15,18,20H,4,6,10,12,16H2,1-2H3,(H,26,28)/b23-15-/t18-,20+/m1/s1. The summed E-state index contributed by atoms with van der Waals surface area (Å²) in [6.45, 7) is 4.74. The highest BCUT2D eigenvalue weighted by molar-refractivity contribution is 8.04. The minimum absolute atomic E-state index is 0.117. The summed E-state index contributed by atoms with van der Waals surface area (Å²) < 4.78 is 0. The Balaban J connectivity index is 1.59. The molecule has 5 heteroatoms. The van der Waals surface area contributed by atoms with Crippen LogP contribution in [0.2, 0.25) is 0 Å². The molecule has 1 heterocycles. The average molecular weight is 421 g/mol. The fourth-order valence-electron chi connectivity index (χ4n) is 4.25. The number of thioether (sulfide) groups is 1. The van der Waals surface area contributed by atoms with Gasteiger partial charge in [0.15, 0.2) is 0 Å². The monoisotopic (exact) mass is 420 g/mol. The highest BCUT2D eigenvalue weighted by atomic mass is 32.2. The van der Waals surface area contributed by atoms with Gasteiger partial charge in [-0.3, -0.25) is 9.59 Å². The molecule has 30 heavy (non-hydrogen) atoms. The first-order chi connectivity index (χ1) is 14.5. The van der Waals surface area contributed by atoms with Gasteiger partial charge in [0.2, 0.25) is 5.91 Å². The van der Waals surface area contributed by atoms with Gasteiger partial charge in [-0.1, -0.05) is 67.9 Å². The Morgan fingerprint density at radius 3 is 2.67 bits per heavy atom. The third-order valence-corrected chi connectivity index (χ3v) is 7.20. The summed E-state index contributed by atoms with van der Waals surface area (Å²) in [5.74, 6) is 0.197. The van der Waals surface area contributed by atoms with Gasteiger partial charge in [0.25, 0.3) is 5.91 Å². The second-order valence-electron chi connectivity index (χ2n) is 8.27. The maximum atomic E-state index is 13.4. The van der Waals surface area contributed by atoms with Crippen molar-refractivity contribution in [2.75, 3.05) is 4.90 Å². The van der Waals surface area contributed by atoms with Gasteiger partial charge in [0.05, 0.1) is 17.1 Å². The molecule has 2 amide bonds. The van der Waals surface area contributed by atoms with E-state index in [0.717, 1.165) is 41.0 Å². The Morgan fingerprint density at radius 2 is 1.87 bits per heavy atom. The maximum Gasteiger partial charge on any atom is 0.265 e. The smallest absolute Gasteiger partial charge is 0.265 e. The molecule has 1 fully saturated rings. The van der Waals surface area contributed by atoms with E-state index in [1.165, 1.54) is 24.3 Å². The van der Waals surface area contributed by atoms with Crippen molar-refractivity contribution in [1.82, 2.24) is 5.32 Å². The molecule has 4 rings (SSSR count). The first kappa shape index (κ1) is 20.7. The van der Waals surface area contributed by atoms with E-state index in [0.29, 0.717) is 17.4 Å². The van der Waals surface area contributed by atoms with E-state index in [1.807, 2.05) is 42.5 Å². The number of amides is 2. The van der Waals surface area contributed by atoms with Crippen molar-refractivity contribution in [1.29, 1.82) is 0 Å². The van der Waals surface area contributed by atoms with Crippen LogP contribution < -0.4 is 10.2 Å². The average Bonchev–Trinajstić information content (AvgIpc) is 2.74. The number of para-hydroxylation sites is 1. The molecule has 0 spiro atoms. The van der Waals surface area contributed by atoms with Crippen LogP contribution in [0.3, 0.4) is 0 Å². The van der Waals surface area contributed by atoms with E-state index in [9.17, 15) is 9.59 Å². The van der Waals surface area contributed by atoms with Crippen molar-refractivity contribution in [2.45, 2.75) is 57.0 Å². The second kappa shape index (κ2) is 9.09. The lowest BCUT2D eigenvalue weighted by molar-refractivity contribution is -0.119. The van der Waals surface area contributed by atoms with Gasteiger partial charge < -0.3 is 10.2 Å². The molecule has 2 aromatic rings. The van der Waals surface area contributed by atoms with Crippen LogP contribution in [0.5, 0.6) is 0 Å². The van der Waals surface area contributed by atoms with Gasteiger partial charge in [-0.05, 0) is 48.9 Å². The van der Waals surface area contributed by atoms with Crippen LogP contribution in [0.1, 0.15) is 43.7 Å². The van der Waals surface area contributed by atoms with Crippen molar-refractivity contribution in [2.24, 2.45) is 5.92 Å². The summed E-state index contributed by atoms with van der Waals surface area (Å²) in [5, 5.41) is 3.13. The number of benzene rings is 2. The quantitative estimate of drug-likeness (QED) is 0.691. The van der Waals surface area contributed by atoms with E-state index in [1.54, 1.807) is 4.90 Å². The minimum atomic E-state index is -0.167. The van der Waals surface area contributed by atoms with Gasteiger partial charge in [-0.2, -0.15) is 0 Å². The van der Waals surface area contributed by atoms with Crippen LogP contribution in [0.25, 0.3) is 0 Å². The Hall–Kier alpha value is -2.53. The lowest BCUT2D eigenvalue weighted by atomic mass is 9.86. The van der Waals surface area contributed by atoms with E-state index < -0.39 is 0 Å². The molecule has 0 radical (unpaired) electrons. The third kappa shape index (κ3) is 4.46. The lowest BCUT2D eigenvalue weighted by Crippen LogP contribution is -2.41. The van der Waals surface area contributed by atoms with Crippen LogP contribution in [0.15, 0.2) is 64.4 Å². The summed E-state index contributed by atoms with van der Waals surface area (Å²) in [6.07, 6.45) is 6.03. The van der Waals surface area contributed by atoms with Crippen LogP contribution >= 0.6 is 11.8 Å². The first-order valence-corrected chi connectivity index (χ1v) is 11.5. The number of anilines is 1. The number of carbonyl (C=O) groups excluding carboxylic acids is 2. The summed E-state index contributed by atoms with van der Waals surface area (Å²) >= 11 is 1.38. The molecule has 1 aliphatic carbocycles. The number of fused-ring (bicyclic) bond motifs is 1. The Kier molecular flexibility index (Phi) is 6.28. The highest BCUT2D eigenvalue weighted by Gasteiger charge is 2.30. The molecule has 156 valence electrons. The molecule has 0 unspecified atom stereocenters. The third-order valence-electron chi connectivity index (χ3n) is 6.12. The molecule has 2 aliphatic rings. The predicted octanol–water partition coefficient (Wildman–Crippen LogP) is 5.21. The van der Waals surface area contributed by atoms with Gasteiger partial charge in [-0.25, -0.2) is 0 Å². The number of nitrogens with one attached hydrogen (secondary N) is 1. The topological polar surface area (TPSA) is 49.4 Å².